The smallest absolute Gasteiger partial charge is 0.254 e. The van der Waals surface area contributed by atoms with Gasteiger partial charge in [-0.2, -0.15) is 4.98 Å². The molecule has 1 aromatic heterocycles. The Morgan fingerprint density at radius 1 is 1.03 bits per heavy atom. The van der Waals surface area contributed by atoms with Gasteiger partial charge in [0.2, 0.25) is 21.7 Å². The molecular weight excluding hydrogens is 454 g/mol. The number of nitrogens with zero attached hydrogens (tertiary/aromatic N) is 4. The molecule has 1 amide bonds. The van der Waals surface area contributed by atoms with Crippen LogP contribution in [0.2, 0.25) is 0 Å². The predicted octanol–water partition coefficient (Wildman–Crippen LogP) is 2.83. The van der Waals surface area contributed by atoms with Gasteiger partial charge < -0.3 is 9.42 Å². The van der Waals surface area contributed by atoms with Gasteiger partial charge in [0.15, 0.2) is 0 Å². The molecule has 0 bridgehead atoms. The number of aromatic nitrogens is 2. The number of sulfonamides is 1. The fourth-order valence-electron chi connectivity index (χ4n) is 4.23. The molecule has 180 valence electrons. The first-order chi connectivity index (χ1) is 16.0. The quantitative estimate of drug-likeness (QED) is 0.592. The molecule has 0 aliphatic carbocycles. The Balaban J connectivity index is 1.43. The molecule has 0 radical (unpaired) electrons. The van der Waals surface area contributed by atoms with Crippen LogP contribution in [0.25, 0.3) is 11.4 Å². The number of benzene rings is 2. The Morgan fingerprint density at radius 3 is 2.29 bits per heavy atom. The largest absolute Gasteiger partial charge is 0.337 e. The van der Waals surface area contributed by atoms with Crippen LogP contribution in [-0.2, 0) is 10.0 Å². The van der Waals surface area contributed by atoms with E-state index in [1.165, 1.54) is 6.07 Å². The molecular formula is C24H29N5O4S. The van der Waals surface area contributed by atoms with Crippen molar-refractivity contribution in [2.45, 2.75) is 38.6 Å². The number of amides is 1. The molecule has 1 aliphatic rings. The summed E-state index contributed by atoms with van der Waals surface area (Å²) < 4.78 is 29.3. The van der Waals surface area contributed by atoms with Gasteiger partial charge in [-0.3, -0.25) is 9.69 Å². The van der Waals surface area contributed by atoms with Gasteiger partial charge in [0.05, 0.1) is 10.9 Å². The summed E-state index contributed by atoms with van der Waals surface area (Å²) in [6.45, 7) is 9.75. The highest BCUT2D eigenvalue weighted by molar-refractivity contribution is 7.89. The molecule has 3 aromatic rings. The zero-order valence-corrected chi connectivity index (χ0v) is 20.6. The standard InChI is InChI=1S/C24H29N5O4S/c1-15-5-7-19(8-6-15)22-26-23(33-27-22)18(4)28-9-11-29(12-10-28)24(30)20-14-21(34(25,31)32)17(3)13-16(20)2/h5-8,13-14,18H,9-12H2,1-4H3,(H2,25,31,32)/t18-/m1/s1. The average molecular weight is 484 g/mol. The van der Waals surface area contributed by atoms with Crippen LogP contribution in [0.4, 0.5) is 0 Å². The zero-order chi connectivity index (χ0) is 24.6. The van der Waals surface area contributed by atoms with Gasteiger partial charge in [0.25, 0.3) is 5.91 Å². The molecule has 0 spiro atoms. The fraction of sp³-hybridized carbons (Fsp3) is 0.375. The first kappa shape index (κ1) is 24.1. The Labute approximate surface area is 199 Å². The van der Waals surface area contributed by atoms with Crippen LogP contribution >= 0.6 is 0 Å². The van der Waals surface area contributed by atoms with Crippen molar-refractivity contribution >= 4 is 15.9 Å². The van der Waals surface area contributed by atoms with Crippen molar-refractivity contribution in [1.29, 1.82) is 0 Å². The van der Waals surface area contributed by atoms with Crippen molar-refractivity contribution in [1.82, 2.24) is 19.9 Å². The Hall–Kier alpha value is -3.08. The average Bonchev–Trinajstić information content (AvgIpc) is 3.28. The Bertz CT molecular complexity index is 1310. The third-order valence-corrected chi connectivity index (χ3v) is 7.37. The van der Waals surface area contributed by atoms with Crippen molar-refractivity contribution in [3.05, 3.63) is 64.5 Å². The number of rotatable bonds is 5. The summed E-state index contributed by atoms with van der Waals surface area (Å²) >= 11 is 0. The SMILES string of the molecule is Cc1ccc(-c2noc([C@@H](C)N3CCN(C(=O)c4cc(S(N)(=O)=O)c(C)cc4C)CC3)n2)cc1. The van der Waals surface area contributed by atoms with E-state index in [4.69, 9.17) is 9.66 Å². The number of carbonyl (C=O) groups excluding carboxylic acids is 1. The molecule has 1 fully saturated rings. The summed E-state index contributed by atoms with van der Waals surface area (Å²) in [5, 5.41) is 9.45. The van der Waals surface area contributed by atoms with Crippen LogP contribution in [0.15, 0.2) is 45.8 Å². The summed E-state index contributed by atoms with van der Waals surface area (Å²) in [4.78, 5) is 21.6. The maximum Gasteiger partial charge on any atom is 0.254 e. The first-order valence-corrected chi connectivity index (χ1v) is 12.7. The molecule has 2 aromatic carbocycles. The summed E-state index contributed by atoms with van der Waals surface area (Å²) in [6, 6.07) is 10.9. The minimum Gasteiger partial charge on any atom is -0.337 e. The predicted molar refractivity (Wildman–Crippen MR) is 128 cm³/mol. The van der Waals surface area contributed by atoms with E-state index in [9.17, 15) is 13.2 Å². The lowest BCUT2D eigenvalue weighted by Crippen LogP contribution is -2.49. The van der Waals surface area contributed by atoms with Crippen LogP contribution in [0.3, 0.4) is 0 Å². The summed E-state index contributed by atoms with van der Waals surface area (Å²) in [5.41, 5.74) is 3.67. The van der Waals surface area contributed by atoms with E-state index in [0.717, 1.165) is 16.7 Å². The number of aryl methyl sites for hydroxylation is 3. The highest BCUT2D eigenvalue weighted by atomic mass is 32.2. The van der Waals surface area contributed by atoms with Crippen LogP contribution in [0.1, 0.15) is 45.9 Å². The van der Waals surface area contributed by atoms with Gasteiger partial charge in [0, 0.05) is 37.3 Å². The van der Waals surface area contributed by atoms with Gasteiger partial charge in [-0.25, -0.2) is 13.6 Å². The van der Waals surface area contributed by atoms with E-state index in [1.807, 2.05) is 38.1 Å². The minimum absolute atomic E-state index is 0.0190. The molecule has 9 nitrogen and oxygen atoms in total. The second-order valence-corrected chi connectivity index (χ2v) is 10.3. The number of hydrogen-bond acceptors (Lipinski definition) is 7. The highest BCUT2D eigenvalue weighted by Gasteiger charge is 2.29. The van der Waals surface area contributed by atoms with Crippen molar-refractivity contribution in [3.8, 4) is 11.4 Å². The summed E-state index contributed by atoms with van der Waals surface area (Å²) in [7, 11) is -3.91. The maximum absolute atomic E-state index is 13.2. The van der Waals surface area contributed by atoms with E-state index in [-0.39, 0.29) is 16.8 Å². The molecule has 10 heteroatoms. The third-order valence-electron chi connectivity index (χ3n) is 6.32. The molecule has 2 N–H and O–H groups in total. The molecule has 1 saturated heterocycles. The lowest BCUT2D eigenvalue weighted by Gasteiger charge is -2.37. The molecule has 2 heterocycles. The van der Waals surface area contributed by atoms with Gasteiger partial charge in [-0.15, -0.1) is 0 Å². The third kappa shape index (κ3) is 4.89. The molecule has 4 rings (SSSR count). The van der Waals surface area contributed by atoms with E-state index in [1.54, 1.807) is 24.8 Å². The number of carbonyl (C=O) groups is 1. The molecule has 0 unspecified atom stereocenters. The van der Waals surface area contributed by atoms with Crippen molar-refractivity contribution in [2.75, 3.05) is 26.2 Å². The second-order valence-electron chi connectivity index (χ2n) is 8.80. The van der Waals surface area contributed by atoms with Crippen LogP contribution in [0, 0.1) is 20.8 Å². The van der Waals surface area contributed by atoms with Gasteiger partial charge in [-0.05, 0) is 44.9 Å². The fourth-order valence-corrected chi connectivity index (χ4v) is 5.02. The topological polar surface area (TPSA) is 123 Å². The highest BCUT2D eigenvalue weighted by Crippen LogP contribution is 2.25. The van der Waals surface area contributed by atoms with Crippen LogP contribution in [-0.4, -0.2) is 60.4 Å². The lowest BCUT2D eigenvalue weighted by atomic mass is 10.0. The monoisotopic (exact) mass is 483 g/mol. The van der Waals surface area contributed by atoms with Crippen molar-refractivity contribution < 1.29 is 17.7 Å². The number of nitrogens with two attached hydrogens (primary N) is 1. The molecule has 0 saturated carbocycles. The van der Waals surface area contributed by atoms with E-state index in [2.05, 4.69) is 15.0 Å². The Kier molecular flexibility index (Phi) is 6.57. The van der Waals surface area contributed by atoms with Gasteiger partial charge in [0.1, 0.15) is 0 Å². The van der Waals surface area contributed by atoms with Crippen LogP contribution < -0.4 is 5.14 Å². The van der Waals surface area contributed by atoms with E-state index < -0.39 is 10.0 Å². The van der Waals surface area contributed by atoms with Crippen molar-refractivity contribution in [2.24, 2.45) is 5.14 Å². The molecule has 1 atom stereocenters. The molecule has 1 aliphatic heterocycles. The molecule has 34 heavy (non-hydrogen) atoms. The minimum atomic E-state index is -3.91. The van der Waals surface area contributed by atoms with Gasteiger partial charge in [-0.1, -0.05) is 41.1 Å². The number of primary sulfonamides is 1. The van der Waals surface area contributed by atoms with E-state index in [0.29, 0.717) is 49.0 Å². The number of hydrogen-bond donors (Lipinski definition) is 1. The van der Waals surface area contributed by atoms with Crippen LogP contribution in [0.5, 0.6) is 0 Å². The number of piperazine rings is 1. The lowest BCUT2D eigenvalue weighted by molar-refractivity contribution is 0.0551. The summed E-state index contributed by atoms with van der Waals surface area (Å²) in [6.07, 6.45) is 0. The first-order valence-electron chi connectivity index (χ1n) is 11.1. The maximum atomic E-state index is 13.2. The second kappa shape index (κ2) is 9.28. The normalized spacial score (nSPS) is 16.0. The summed E-state index contributed by atoms with van der Waals surface area (Å²) in [5.74, 6) is 0.882. The van der Waals surface area contributed by atoms with Crippen molar-refractivity contribution in [3.63, 3.8) is 0 Å². The van der Waals surface area contributed by atoms with Gasteiger partial charge >= 0.3 is 0 Å². The zero-order valence-electron chi connectivity index (χ0n) is 19.8. The van der Waals surface area contributed by atoms with E-state index >= 15 is 0 Å². The Morgan fingerprint density at radius 2 is 1.68 bits per heavy atom.